The molecule has 0 saturated carbocycles. The number of nitrogens with zero attached hydrogens (tertiary/aromatic N) is 2. The third kappa shape index (κ3) is 4.09. The first kappa shape index (κ1) is 19.3. The number of amides is 1. The summed E-state index contributed by atoms with van der Waals surface area (Å²) in [6.07, 6.45) is -2.31. The highest BCUT2D eigenvalue weighted by Crippen LogP contribution is 2.36. The van der Waals surface area contributed by atoms with Crippen molar-refractivity contribution in [1.82, 2.24) is 15.1 Å². The van der Waals surface area contributed by atoms with Gasteiger partial charge in [0.1, 0.15) is 12.3 Å². The number of methoxy groups -OCH3 is 1. The fourth-order valence-electron chi connectivity index (χ4n) is 3.50. The molecule has 1 aromatic carbocycles. The van der Waals surface area contributed by atoms with E-state index in [0.717, 1.165) is 5.56 Å². The largest absolute Gasteiger partial charge is 0.497 e. The molecule has 1 aliphatic carbocycles. The second-order valence-corrected chi connectivity index (χ2v) is 6.58. The number of carbonyl (C=O) groups excluding carboxylic acids is 1. The lowest BCUT2D eigenvalue weighted by atomic mass is 10.0. The summed E-state index contributed by atoms with van der Waals surface area (Å²) in [4.78, 5) is 12.5. The van der Waals surface area contributed by atoms with E-state index in [1.54, 1.807) is 19.2 Å². The summed E-state index contributed by atoms with van der Waals surface area (Å²) >= 11 is 0. The Kier molecular flexibility index (Phi) is 5.43. The average Bonchev–Trinajstić information content (AvgIpc) is 3.23. The summed E-state index contributed by atoms with van der Waals surface area (Å²) in [6.45, 7) is 1.72. The Labute approximate surface area is 155 Å². The summed E-state index contributed by atoms with van der Waals surface area (Å²) in [6, 6.07) is 7.11. The van der Waals surface area contributed by atoms with Crippen molar-refractivity contribution in [3.63, 3.8) is 0 Å². The van der Waals surface area contributed by atoms with Crippen LogP contribution in [0.2, 0.25) is 0 Å². The molecule has 0 radical (unpaired) electrons. The SMILES string of the molecule is CCC(NC(=O)Cn1nc(C(F)(F)F)c2c1CCC2)c1ccc(OC)cc1. The van der Waals surface area contributed by atoms with Crippen LogP contribution in [-0.4, -0.2) is 22.8 Å². The van der Waals surface area contributed by atoms with Crippen LogP contribution in [0.25, 0.3) is 0 Å². The third-order valence-corrected chi connectivity index (χ3v) is 4.83. The molecular formula is C19H22F3N3O2. The van der Waals surface area contributed by atoms with Crippen molar-refractivity contribution in [2.75, 3.05) is 7.11 Å². The molecule has 0 saturated heterocycles. The molecule has 1 N–H and O–H groups in total. The van der Waals surface area contributed by atoms with Gasteiger partial charge in [-0.1, -0.05) is 19.1 Å². The van der Waals surface area contributed by atoms with Gasteiger partial charge in [-0.2, -0.15) is 18.3 Å². The first-order valence-electron chi connectivity index (χ1n) is 8.92. The minimum absolute atomic E-state index is 0.217. The number of nitrogens with one attached hydrogen (secondary N) is 1. The van der Waals surface area contributed by atoms with E-state index in [4.69, 9.17) is 4.74 Å². The van der Waals surface area contributed by atoms with Crippen LogP contribution in [0.5, 0.6) is 5.75 Å². The van der Waals surface area contributed by atoms with E-state index in [9.17, 15) is 18.0 Å². The number of alkyl halides is 3. The van der Waals surface area contributed by atoms with Gasteiger partial charge in [0.2, 0.25) is 5.91 Å². The molecule has 146 valence electrons. The molecule has 0 aliphatic heterocycles. The Morgan fingerprint density at radius 3 is 2.59 bits per heavy atom. The van der Waals surface area contributed by atoms with Crippen molar-refractivity contribution in [3.8, 4) is 5.75 Å². The maximum absolute atomic E-state index is 13.2. The first-order valence-corrected chi connectivity index (χ1v) is 8.92. The van der Waals surface area contributed by atoms with Gasteiger partial charge in [-0.05, 0) is 43.4 Å². The molecule has 1 unspecified atom stereocenters. The molecule has 8 heteroatoms. The van der Waals surface area contributed by atoms with Crippen LogP contribution in [0, 0.1) is 0 Å². The summed E-state index contributed by atoms with van der Waals surface area (Å²) in [5, 5.41) is 6.57. The number of hydrogen-bond acceptors (Lipinski definition) is 3. The van der Waals surface area contributed by atoms with Crippen LogP contribution in [-0.2, 0) is 30.4 Å². The van der Waals surface area contributed by atoms with Crippen LogP contribution in [0.15, 0.2) is 24.3 Å². The zero-order valence-electron chi connectivity index (χ0n) is 15.3. The molecule has 27 heavy (non-hydrogen) atoms. The lowest BCUT2D eigenvalue weighted by Gasteiger charge is -2.18. The third-order valence-electron chi connectivity index (χ3n) is 4.83. The van der Waals surface area contributed by atoms with Gasteiger partial charge in [-0.15, -0.1) is 0 Å². The fraction of sp³-hybridized carbons (Fsp3) is 0.474. The lowest BCUT2D eigenvalue weighted by Crippen LogP contribution is -2.32. The van der Waals surface area contributed by atoms with Crippen molar-refractivity contribution in [1.29, 1.82) is 0 Å². The number of rotatable bonds is 6. The summed E-state index contributed by atoms with van der Waals surface area (Å²) in [5.74, 6) is 0.357. The van der Waals surface area contributed by atoms with Gasteiger partial charge in [-0.3, -0.25) is 9.48 Å². The molecule has 0 bridgehead atoms. The Morgan fingerprint density at radius 2 is 2.00 bits per heavy atom. The minimum Gasteiger partial charge on any atom is -0.497 e. The number of halogens is 3. The number of benzene rings is 1. The van der Waals surface area contributed by atoms with E-state index in [2.05, 4.69) is 10.4 Å². The van der Waals surface area contributed by atoms with Crippen molar-refractivity contribution < 1.29 is 22.7 Å². The standard InChI is InChI=1S/C19H22F3N3O2/c1-3-15(12-7-9-13(27-2)10-8-12)23-17(26)11-25-16-6-4-5-14(16)18(24-25)19(20,21)22/h7-10,15H,3-6,11H2,1-2H3,(H,23,26). The zero-order chi connectivity index (χ0) is 19.6. The van der Waals surface area contributed by atoms with Crippen LogP contribution < -0.4 is 10.1 Å². The van der Waals surface area contributed by atoms with Crippen LogP contribution in [0.4, 0.5) is 13.2 Å². The number of ether oxygens (including phenoxy) is 1. The van der Waals surface area contributed by atoms with Gasteiger partial charge in [0.05, 0.1) is 13.2 Å². The highest BCUT2D eigenvalue weighted by Gasteiger charge is 2.40. The molecule has 1 amide bonds. The second kappa shape index (κ2) is 7.62. The summed E-state index contributed by atoms with van der Waals surface area (Å²) < 4.78 is 45.8. The van der Waals surface area contributed by atoms with Crippen molar-refractivity contribution in [3.05, 3.63) is 46.8 Å². The van der Waals surface area contributed by atoms with Gasteiger partial charge in [0.15, 0.2) is 5.69 Å². The van der Waals surface area contributed by atoms with Crippen molar-refractivity contribution in [2.24, 2.45) is 0 Å². The number of fused-ring (bicyclic) bond motifs is 1. The predicted octanol–water partition coefficient (Wildman–Crippen LogP) is 3.67. The average molecular weight is 381 g/mol. The van der Waals surface area contributed by atoms with Gasteiger partial charge in [0.25, 0.3) is 0 Å². The Hall–Kier alpha value is -2.51. The maximum atomic E-state index is 13.2. The topological polar surface area (TPSA) is 56.2 Å². The van der Waals surface area contributed by atoms with E-state index < -0.39 is 11.9 Å². The number of aromatic nitrogens is 2. The van der Waals surface area contributed by atoms with Gasteiger partial charge in [-0.25, -0.2) is 0 Å². The summed E-state index contributed by atoms with van der Waals surface area (Å²) in [5.41, 5.74) is 0.811. The highest BCUT2D eigenvalue weighted by molar-refractivity contribution is 5.76. The van der Waals surface area contributed by atoms with Crippen LogP contribution >= 0.6 is 0 Å². The maximum Gasteiger partial charge on any atom is 0.435 e. The van der Waals surface area contributed by atoms with E-state index in [0.29, 0.717) is 37.1 Å². The lowest BCUT2D eigenvalue weighted by molar-refractivity contribution is -0.142. The molecule has 2 aromatic rings. The molecule has 1 aromatic heterocycles. The van der Waals surface area contributed by atoms with Gasteiger partial charge >= 0.3 is 6.18 Å². The van der Waals surface area contributed by atoms with Gasteiger partial charge in [0, 0.05) is 11.3 Å². The molecule has 0 spiro atoms. The number of carbonyl (C=O) groups is 1. The van der Waals surface area contributed by atoms with E-state index >= 15 is 0 Å². The molecule has 1 atom stereocenters. The highest BCUT2D eigenvalue weighted by atomic mass is 19.4. The van der Waals surface area contributed by atoms with Crippen LogP contribution in [0.3, 0.4) is 0 Å². The zero-order valence-corrected chi connectivity index (χ0v) is 15.3. The van der Waals surface area contributed by atoms with E-state index in [1.165, 1.54) is 4.68 Å². The minimum atomic E-state index is -4.49. The van der Waals surface area contributed by atoms with Crippen molar-refractivity contribution in [2.45, 2.75) is 51.4 Å². The van der Waals surface area contributed by atoms with Gasteiger partial charge < -0.3 is 10.1 Å². The van der Waals surface area contributed by atoms with E-state index in [1.807, 2.05) is 19.1 Å². The summed E-state index contributed by atoms with van der Waals surface area (Å²) in [7, 11) is 1.58. The molecule has 3 rings (SSSR count). The molecule has 1 aliphatic rings. The molecule has 0 fully saturated rings. The van der Waals surface area contributed by atoms with E-state index in [-0.39, 0.29) is 24.1 Å². The molecular weight excluding hydrogens is 359 g/mol. The quantitative estimate of drug-likeness (QED) is 0.831. The molecule has 5 nitrogen and oxygen atoms in total. The monoisotopic (exact) mass is 381 g/mol. The predicted molar refractivity (Wildman–Crippen MR) is 93.4 cm³/mol. The fourth-order valence-corrected chi connectivity index (χ4v) is 3.50. The Bertz CT molecular complexity index is 813. The molecule has 1 heterocycles. The normalized spacial score (nSPS) is 14.7. The Morgan fingerprint density at radius 1 is 1.30 bits per heavy atom. The second-order valence-electron chi connectivity index (χ2n) is 6.58. The van der Waals surface area contributed by atoms with Crippen LogP contribution in [0.1, 0.15) is 48.3 Å². The Balaban J connectivity index is 1.73. The van der Waals surface area contributed by atoms with Crippen molar-refractivity contribution >= 4 is 5.91 Å². The number of hydrogen-bond donors (Lipinski definition) is 1. The smallest absolute Gasteiger partial charge is 0.435 e. The first-order chi connectivity index (χ1) is 12.8.